The molecule has 5 nitrogen and oxygen atoms in total. The number of anilines is 1. The van der Waals surface area contributed by atoms with Gasteiger partial charge in [-0.05, 0) is 57.9 Å². The van der Waals surface area contributed by atoms with Crippen molar-refractivity contribution >= 4 is 39.4 Å². The summed E-state index contributed by atoms with van der Waals surface area (Å²) in [6, 6.07) is 13.1. The summed E-state index contributed by atoms with van der Waals surface area (Å²) in [5.74, 6) is 2.45. The fourth-order valence-electron chi connectivity index (χ4n) is 2.66. The first-order valence-corrected chi connectivity index (χ1v) is 9.63. The molecule has 2 aromatic carbocycles. The Hall–Kier alpha value is -1.86. The van der Waals surface area contributed by atoms with Crippen LogP contribution in [-0.2, 0) is 0 Å². The molecule has 1 aliphatic rings. The summed E-state index contributed by atoms with van der Waals surface area (Å²) in [5.41, 5.74) is 1.82. The van der Waals surface area contributed by atoms with Crippen molar-refractivity contribution in [2.24, 2.45) is 0 Å². The Bertz CT molecular complexity index is 754. The zero-order valence-electron chi connectivity index (χ0n) is 14.0. The van der Waals surface area contributed by atoms with E-state index in [1.165, 1.54) is 0 Å². The van der Waals surface area contributed by atoms with Crippen LogP contribution in [-0.4, -0.2) is 37.4 Å². The highest BCUT2D eigenvalue weighted by Crippen LogP contribution is 2.40. The molecular weight excluding hydrogens is 404 g/mol. The minimum absolute atomic E-state index is 0.0135. The number of halogens is 1. The Balaban J connectivity index is 1.73. The number of benzene rings is 2. The van der Waals surface area contributed by atoms with Gasteiger partial charge in [-0.1, -0.05) is 6.07 Å². The molecule has 1 fully saturated rings. The molecule has 132 valence electrons. The zero-order valence-corrected chi connectivity index (χ0v) is 16.4. The van der Waals surface area contributed by atoms with Crippen molar-refractivity contribution < 1.29 is 14.3 Å². The lowest BCUT2D eigenvalue weighted by Crippen LogP contribution is -2.34. The Kier molecular flexibility index (Phi) is 5.75. The number of hydrogen-bond donors (Lipinski definition) is 1. The van der Waals surface area contributed by atoms with E-state index in [0.717, 1.165) is 33.0 Å². The van der Waals surface area contributed by atoms with Crippen molar-refractivity contribution in [1.29, 1.82) is 0 Å². The number of carbonyl (C=O) groups excluding carboxylic acids is 1. The molecule has 0 aliphatic carbocycles. The van der Waals surface area contributed by atoms with Gasteiger partial charge in [-0.3, -0.25) is 0 Å². The van der Waals surface area contributed by atoms with Gasteiger partial charge in [0.05, 0.1) is 18.7 Å². The van der Waals surface area contributed by atoms with Gasteiger partial charge in [0.2, 0.25) is 0 Å². The molecule has 1 aliphatic heterocycles. The van der Waals surface area contributed by atoms with Crippen molar-refractivity contribution in [2.75, 3.05) is 31.8 Å². The van der Waals surface area contributed by atoms with Gasteiger partial charge in [0.1, 0.15) is 16.9 Å². The van der Waals surface area contributed by atoms with E-state index < -0.39 is 0 Å². The fourth-order valence-corrected chi connectivity index (χ4v) is 4.46. The lowest BCUT2D eigenvalue weighted by molar-refractivity contribution is 0.214. The van der Waals surface area contributed by atoms with Gasteiger partial charge in [0.25, 0.3) is 0 Å². The molecule has 2 aromatic rings. The average Bonchev–Trinajstić information content (AvgIpc) is 3.12. The van der Waals surface area contributed by atoms with Crippen LogP contribution in [0.15, 0.2) is 46.9 Å². The molecule has 2 amide bonds. The molecule has 7 heteroatoms. The monoisotopic (exact) mass is 422 g/mol. The smallest absolute Gasteiger partial charge is 0.323 e. The summed E-state index contributed by atoms with van der Waals surface area (Å²) in [6.45, 7) is 0.709. The van der Waals surface area contributed by atoms with Gasteiger partial charge in [-0.2, -0.15) is 0 Å². The first-order chi connectivity index (χ1) is 12.1. The lowest BCUT2D eigenvalue weighted by Gasteiger charge is -2.25. The Labute approximate surface area is 159 Å². The number of thioether (sulfide) groups is 1. The number of urea groups is 1. The van der Waals surface area contributed by atoms with Gasteiger partial charge in [0.15, 0.2) is 0 Å². The van der Waals surface area contributed by atoms with E-state index in [1.54, 1.807) is 26.0 Å². The summed E-state index contributed by atoms with van der Waals surface area (Å²) in [4.78, 5) is 14.5. The highest BCUT2D eigenvalue weighted by Gasteiger charge is 2.31. The molecule has 1 atom stereocenters. The van der Waals surface area contributed by atoms with Crippen LogP contribution in [0.25, 0.3) is 0 Å². The average molecular weight is 423 g/mol. The number of hydrogen-bond acceptors (Lipinski definition) is 4. The predicted molar refractivity (Wildman–Crippen MR) is 105 cm³/mol. The molecular formula is C18H19BrN2O3S. The van der Waals surface area contributed by atoms with Gasteiger partial charge < -0.3 is 19.7 Å². The van der Waals surface area contributed by atoms with Crippen LogP contribution in [0.3, 0.4) is 0 Å². The van der Waals surface area contributed by atoms with Crippen molar-refractivity contribution in [2.45, 2.75) is 5.37 Å². The van der Waals surface area contributed by atoms with Crippen LogP contribution < -0.4 is 14.8 Å². The minimum atomic E-state index is -0.105. The van der Waals surface area contributed by atoms with Crippen molar-refractivity contribution in [3.8, 4) is 11.5 Å². The summed E-state index contributed by atoms with van der Waals surface area (Å²) >= 11 is 5.27. The van der Waals surface area contributed by atoms with E-state index in [0.29, 0.717) is 6.54 Å². The van der Waals surface area contributed by atoms with E-state index in [4.69, 9.17) is 9.47 Å². The molecule has 0 spiro atoms. The number of nitrogens with zero attached hydrogens (tertiary/aromatic N) is 1. The maximum atomic E-state index is 12.7. The third-order valence-corrected chi connectivity index (χ3v) is 5.83. The van der Waals surface area contributed by atoms with Crippen LogP contribution in [0.1, 0.15) is 10.9 Å². The molecule has 1 heterocycles. The third kappa shape index (κ3) is 4.04. The van der Waals surface area contributed by atoms with Crippen LogP contribution in [0.4, 0.5) is 10.5 Å². The van der Waals surface area contributed by atoms with Gasteiger partial charge in [-0.15, -0.1) is 11.8 Å². The fraction of sp³-hybridized carbons (Fsp3) is 0.278. The minimum Gasteiger partial charge on any atom is -0.497 e. The second-order valence-electron chi connectivity index (χ2n) is 5.47. The Morgan fingerprint density at radius 3 is 2.60 bits per heavy atom. The summed E-state index contributed by atoms with van der Waals surface area (Å²) in [5, 5.41) is 2.94. The second kappa shape index (κ2) is 8.01. The molecule has 1 saturated heterocycles. The predicted octanol–water partition coefficient (Wildman–Crippen LogP) is 4.75. The SMILES string of the molecule is COc1ccc(NC(=O)N2CCSC2c2ccc(OC)c(Br)c2)cc1. The number of carbonyl (C=O) groups is 1. The second-order valence-corrected chi connectivity index (χ2v) is 7.51. The first kappa shape index (κ1) is 17.9. The summed E-state index contributed by atoms with van der Waals surface area (Å²) < 4.78 is 11.3. The maximum Gasteiger partial charge on any atom is 0.323 e. The Morgan fingerprint density at radius 1 is 1.20 bits per heavy atom. The molecule has 1 unspecified atom stereocenters. The van der Waals surface area contributed by atoms with Crippen LogP contribution in [0.5, 0.6) is 11.5 Å². The number of amides is 2. The molecule has 1 N–H and O–H groups in total. The highest BCUT2D eigenvalue weighted by molar-refractivity contribution is 9.10. The highest BCUT2D eigenvalue weighted by atomic mass is 79.9. The third-order valence-electron chi connectivity index (χ3n) is 3.95. The first-order valence-electron chi connectivity index (χ1n) is 7.79. The number of ether oxygens (including phenoxy) is 2. The molecule has 0 bridgehead atoms. The zero-order chi connectivity index (χ0) is 17.8. The van der Waals surface area contributed by atoms with E-state index in [1.807, 2.05) is 47.4 Å². The van der Waals surface area contributed by atoms with E-state index in [-0.39, 0.29) is 11.4 Å². The van der Waals surface area contributed by atoms with Gasteiger partial charge in [-0.25, -0.2) is 4.79 Å². The number of nitrogens with one attached hydrogen (secondary N) is 1. The van der Waals surface area contributed by atoms with Crippen LogP contribution in [0, 0.1) is 0 Å². The molecule has 25 heavy (non-hydrogen) atoms. The summed E-state index contributed by atoms with van der Waals surface area (Å²) in [7, 11) is 3.26. The van der Waals surface area contributed by atoms with Crippen molar-refractivity contribution in [3.05, 3.63) is 52.5 Å². The maximum absolute atomic E-state index is 12.7. The molecule has 3 rings (SSSR count). The van der Waals surface area contributed by atoms with Crippen LogP contribution >= 0.6 is 27.7 Å². The Morgan fingerprint density at radius 2 is 1.96 bits per heavy atom. The number of rotatable bonds is 4. The van der Waals surface area contributed by atoms with Gasteiger partial charge >= 0.3 is 6.03 Å². The van der Waals surface area contributed by atoms with E-state index in [9.17, 15) is 4.79 Å². The number of methoxy groups -OCH3 is 2. The van der Waals surface area contributed by atoms with Crippen molar-refractivity contribution in [1.82, 2.24) is 4.90 Å². The quantitative estimate of drug-likeness (QED) is 0.772. The van der Waals surface area contributed by atoms with E-state index >= 15 is 0 Å². The largest absolute Gasteiger partial charge is 0.497 e. The van der Waals surface area contributed by atoms with Crippen LogP contribution in [0.2, 0.25) is 0 Å². The lowest BCUT2D eigenvalue weighted by atomic mass is 10.2. The topological polar surface area (TPSA) is 50.8 Å². The van der Waals surface area contributed by atoms with Gasteiger partial charge in [0, 0.05) is 18.0 Å². The standard InChI is InChI=1S/C18H19BrN2O3S/c1-23-14-6-4-13(5-7-14)20-18(22)21-9-10-25-17(21)12-3-8-16(24-2)15(19)11-12/h3-8,11,17H,9-10H2,1-2H3,(H,20,22). The summed E-state index contributed by atoms with van der Waals surface area (Å²) in [6.07, 6.45) is 0. The molecule has 0 saturated carbocycles. The molecule has 0 aromatic heterocycles. The normalized spacial score (nSPS) is 16.6. The van der Waals surface area contributed by atoms with E-state index in [2.05, 4.69) is 21.2 Å². The van der Waals surface area contributed by atoms with Crippen molar-refractivity contribution in [3.63, 3.8) is 0 Å². The molecule has 0 radical (unpaired) electrons.